The third-order valence-corrected chi connectivity index (χ3v) is 9.07. The van der Waals surface area contributed by atoms with E-state index < -0.39 is 6.09 Å². The van der Waals surface area contributed by atoms with Gasteiger partial charge in [0, 0.05) is 42.7 Å². The molecule has 3 aromatic heterocycles. The first-order valence-corrected chi connectivity index (χ1v) is 13.1. The Hall–Kier alpha value is -2.06. The second-order valence-electron chi connectivity index (χ2n) is 9.07. The lowest BCUT2D eigenvalue weighted by molar-refractivity contribution is -0.0372. The van der Waals surface area contributed by atoms with E-state index in [2.05, 4.69) is 42.9 Å². The van der Waals surface area contributed by atoms with E-state index in [1.54, 1.807) is 11.3 Å². The zero-order chi connectivity index (χ0) is 22.7. The van der Waals surface area contributed by atoms with Gasteiger partial charge < -0.3 is 20.1 Å². The Labute approximate surface area is 207 Å². The summed E-state index contributed by atoms with van der Waals surface area (Å²) in [5, 5.41) is 19.6. The third kappa shape index (κ3) is 3.48. The fourth-order valence-corrected chi connectivity index (χ4v) is 7.24. The van der Waals surface area contributed by atoms with E-state index in [-0.39, 0.29) is 11.6 Å². The number of aromatic nitrogens is 5. The van der Waals surface area contributed by atoms with Crippen LogP contribution in [-0.2, 0) is 10.2 Å². The number of thiazole rings is 1. The smallest absolute Gasteiger partial charge is 0.404 e. The monoisotopic (exact) mass is 581 g/mol. The van der Waals surface area contributed by atoms with Crippen molar-refractivity contribution in [2.75, 3.05) is 31.1 Å². The van der Waals surface area contributed by atoms with Crippen molar-refractivity contribution in [3.05, 3.63) is 26.0 Å². The molecule has 0 aromatic carbocycles. The SMILES string of the molecule is Cc1csc(C2(CNC(=O)O)[C@@H]3CN(c4cnc5c(I)nn(C6CCCCO6)c5n4)C[C@@H]32)n1. The van der Waals surface area contributed by atoms with E-state index in [9.17, 15) is 9.90 Å². The van der Waals surface area contributed by atoms with Gasteiger partial charge in [0.1, 0.15) is 16.3 Å². The van der Waals surface area contributed by atoms with Crippen LogP contribution in [0.1, 0.15) is 36.2 Å². The molecule has 3 fully saturated rings. The van der Waals surface area contributed by atoms with Crippen LogP contribution in [0, 0.1) is 22.5 Å². The normalized spacial score (nSPS) is 28.8. The summed E-state index contributed by atoms with van der Waals surface area (Å²) in [7, 11) is 0. The zero-order valence-electron chi connectivity index (χ0n) is 18.1. The molecule has 0 radical (unpaired) electrons. The van der Waals surface area contributed by atoms with Crippen LogP contribution >= 0.6 is 33.9 Å². The number of carbonyl (C=O) groups is 1. The van der Waals surface area contributed by atoms with Crippen molar-refractivity contribution in [3.63, 3.8) is 0 Å². The van der Waals surface area contributed by atoms with Gasteiger partial charge in [0.15, 0.2) is 15.6 Å². The van der Waals surface area contributed by atoms with Crippen LogP contribution in [0.25, 0.3) is 11.2 Å². The predicted molar refractivity (Wildman–Crippen MR) is 131 cm³/mol. The molecule has 6 rings (SSSR count). The van der Waals surface area contributed by atoms with Crippen molar-refractivity contribution in [2.24, 2.45) is 11.8 Å². The Bertz CT molecular complexity index is 1210. The summed E-state index contributed by atoms with van der Waals surface area (Å²) in [4.78, 5) is 27.9. The minimum absolute atomic E-state index is 0.0933. The zero-order valence-corrected chi connectivity index (χ0v) is 21.0. The lowest BCUT2D eigenvalue weighted by atomic mass is 10.0. The minimum atomic E-state index is -0.992. The van der Waals surface area contributed by atoms with Gasteiger partial charge in [-0.05, 0) is 60.6 Å². The maximum Gasteiger partial charge on any atom is 0.404 e. The number of halogens is 1. The summed E-state index contributed by atoms with van der Waals surface area (Å²) in [5.41, 5.74) is 2.32. The van der Waals surface area contributed by atoms with Crippen LogP contribution in [0.5, 0.6) is 0 Å². The fourth-order valence-electron chi connectivity index (χ4n) is 5.50. The number of ether oxygens (including phenoxy) is 1. The molecule has 3 aromatic rings. The largest absolute Gasteiger partial charge is 0.465 e. The van der Waals surface area contributed by atoms with Crippen LogP contribution in [0.15, 0.2) is 11.6 Å². The van der Waals surface area contributed by atoms with Gasteiger partial charge >= 0.3 is 6.09 Å². The molecule has 1 aliphatic carbocycles. The average Bonchev–Trinajstić information content (AvgIpc) is 3.26. The molecule has 12 heteroatoms. The Morgan fingerprint density at radius 2 is 2.18 bits per heavy atom. The number of nitrogens with zero attached hydrogens (tertiary/aromatic N) is 6. The third-order valence-electron chi connectivity index (χ3n) is 7.19. The molecular weight excluding hydrogens is 557 g/mol. The second kappa shape index (κ2) is 8.01. The van der Waals surface area contributed by atoms with Crippen molar-refractivity contribution in [2.45, 2.75) is 37.8 Å². The molecule has 0 spiro atoms. The van der Waals surface area contributed by atoms with Crippen LogP contribution in [0.2, 0.25) is 0 Å². The number of nitrogens with one attached hydrogen (secondary N) is 1. The van der Waals surface area contributed by atoms with Crippen molar-refractivity contribution in [1.29, 1.82) is 0 Å². The predicted octanol–water partition coefficient (Wildman–Crippen LogP) is 3.17. The van der Waals surface area contributed by atoms with E-state index >= 15 is 0 Å². The molecule has 10 nitrogen and oxygen atoms in total. The number of hydrogen-bond acceptors (Lipinski definition) is 8. The summed E-state index contributed by atoms with van der Waals surface area (Å²) in [6, 6.07) is 0. The van der Waals surface area contributed by atoms with Crippen molar-refractivity contribution >= 4 is 57.0 Å². The number of fused-ring (bicyclic) bond motifs is 2. The first-order valence-electron chi connectivity index (χ1n) is 11.1. The molecule has 174 valence electrons. The number of aryl methyl sites for hydroxylation is 1. The van der Waals surface area contributed by atoms with E-state index in [0.29, 0.717) is 18.4 Å². The molecular formula is C21H24IN7O3S. The second-order valence-corrected chi connectivity index (χ2v) is 10.9. The Kier molecular flexibility index (Phi) is 5.21. The van der Waals surface area contributed by atoms with Crippen molar-refractivity contribution in [1.82, 2.24) is 30.0 Å². The van der Waals surface area contributed by atoms with Gasteiger partial charge in [-0.2, -0.15) is 5.10 Å². The molecule has 2 N–H and O–H groups in total. The molecule has 2 unspecified atom stereocenters. The molecule has 3 aliphatic rings. The average molecular weight is 581 g/mol. The van der Waals surface area contributed by atoms with E-state index in [0.717, 1.165) is 70.3 Å². The fraction of sp³-hybridized carbons (Fsp3) is 0.571. The quantitative estimate of drug-likeness (QED) is 0.442. The number of rotatable bonds is 5. The molecule has 2 saturated heterocycles. The molecule has 33 heavy (non-hydrogen) atoms. The summed E-state index contributed by atoms with van der Waals surface area (Å²) in [5.74, 6) is 1.50. The number of amides is 1. The van der Waals surface area contributed by atoms with Crippen LogP contribution in [0.4, 0.5) is 10.6 Å². The van der Waals surface area contributed by atoms with E-state index in [4.69, 9.17) is 14.7 Å². The molecule has 1 saturated carbocycles. The highest BCUT2D eigenvalue weighted by Crippen LogP contribution is 2.64. The first-order chi connectivity index (χ1) is 16.0. The van der Waals surface area contributed by atoms with Gasteiger partial charge in [-0.1, -0.05) is 0 Å². The van der Waals surface area contributed by atoms with E-state index in [1.165, 1.54) is 0 Å². The van der Waals surface area contributed by atoms with Crippen LogP contribution in [-0.4, -0.2) is 62.2 Å². The van der Waals surface area contributed by atoms with Crippen LogP contribution in [0.3, 0.4) is 0 Å². The van der Waals surface area contributed by atoms with E-state index in [1.807, 2.05) is 23.2 Å². The molecule has 0 bridgehead atoms. The lowest BCUT2D eigenvalue weighted by Gasteiger charge is -2.26. The van der Waals surface area contributed by atoms with Gasteiger partial charge in [-0.25, -0.2) is 24.4 Å². The lowest BCUT2D eigenvalue weighted by Crippen LogP contribution is -2.39. The number of carboxylic acid groups (broad SMARTS) is 1. The number of hydrogen-bond donors (Lipinski definition) is 2. The summed E-state index contributed by atoms with van der Waals surface area (Å²) in [6.07, 6.45) is 3.87. The van der Waals surface area contributed by atoms with Crippen LogP contribution < -0.4 is 10.2 Å². The van der Waals surface area contributed by atoms with Crippen molar-refractivity contribution < 1.29 is 14.6 Å². The van der Waals surface area contributed by atoms with Gasteiger partial charge in [0.25, 0.3) is 0 Å². The van der Waals surface area contributed by atoms with Gasteiger partial charge in [-0.15, -0.1) is 11.3 Å². The number of anilines is 1. The maximum atomic E-state index is 11.2. The topological polar surface area (TPSA) is 118 Å². The molecule has 2 aliphatic heterocycles. The standard InChI is InChI=1S/C21H24IN7O3S/c1-11-9-33-19(25-11)21(10-24-20(30)31)12-7-28(8-13(12)21)14-6-23-16-17(22)27-29(18(16)26-14)15-4-2-3-5-32-15/h6,9,12-13,15,24H,2-5,7-8,10H2,1H3,(H,30,31)/t12-,13+,15?,21?. The first kappa shape index (κ1) is 21.5. The minimum Gasteiger partial charge on any atom is -0.465 e. The summed E-state index contributed by atoms with van der Waals surface area (Å²) < 4.78 is 8.68. The van der Waals surface area contributed by atoms with Gasteiger partial charge in [-0.3, -0.25) is 0 Å². The Morgan fingerprint density at radius 1 is 1.36 bits per heavy atom. The molecule has 5 heterocycles. The highest BCUT2D eigenvalue weighted by Gasteiger charge is 2.70. The summed E-state index contributed by atoms with van der Waals surface area (Å²) >= 11 is 3.84. The Morgan fingerprint density at radius 3 is 2.85 bits per heavy atom. The molecule has 1 amide bonds. The maximum absolute atomic E-state index is 11.2. The summed E-state index contributed by atoms with van der Waals surface area (Å²) in [6.45, 7) is 4.72. The van der Waals surface area contributed by atoms with Gasteiger partial charge in [0.05, 0.1) is 6.20 Å². The number of piperidine rings is 1. The highest BCUT2D eigenvalue weighted by molar-refractivity contribution is 14.1. The Balaban J connectivity index is 1.27. The highest BCUT2D eigenvalue weighted by atomic mass is 127. The van der Waals surface area contributed by atoms with Gasteiger partial charge in [0.2, 0.25) is 0 Å². The van der Waals surface area contributed by atoms with Crippen molar-refractivity contribution in [3.8, 4) is 0 Å². The molecule has 4 atom stereocenters.